The molecule has 1 rings (SSSR count). The van der Waals surface area contributed by atoms with Crippen LogP contribution in [0.1, 0.15) is 19.8 Å². The van der Waals surface area contributed by atoms with Gasteiger partial charge in [-0.3, -0.25) is 0 Å². The molecule has 0 amide bonds. The van der Waals surface area contributed by atoms with E-state index in [0.29, 0.717) is 6.10 Å². The molecule has 0 saturated heterocycles. The van der Waals surface area contributed by atoms with Crippen molar-refractivity contribution in [1.29, 1.82) is 0 Å². The van der Waals surface area contributed by atoms with Crippen LogP contribution < -0.4 is 0 Å². The molecule has 0 unspecified atom stereocenters. The molecular weight excluding hydrogens is 116 g/mol. The van der Waals surface area contributed by atoms with Crippen LogP contribution in [0.3, 0.4) is 0 Å². The maximum atomic E-state index is 4.86. The molecule has 1 aliphatic carbocycles. The van der Waals surface area contributed by atoms with Crippen molar-refractivity contribution >= 4 is 0 Å². The number of hydrogen-bond donors (Lipinski definition) is 0. The van der Waals surface area contributed by atoms with Crippen molar-refractivity contribution in [1.82, 2.24) is 0 Å². The topological polar surface area (TPSA) is 18.5 Å². The van der Waals surface area contributed by atoms with Crippen LogP contribution in [-0.4, -0.2) is 26.9 Å². The molecule has 56 valence electrons. The lowest BCUT2D eigenvalue weighted by molar-refractivity contribution is 0.183. The van der Waals surface area contributed by atoms with Crippen LogP contribution in [0.25, 0.3) is 0 Å². The highest BCUT2D eigenvalue weighted by molar-refractivity contribution is 4.71. The molecule has 2 heteroatoms. The molecule has 0 bridgehead atoms. The van der Waals surface area contributed by atoms with Gasteiger partial charge in [0.25, 0.3) is 0 Å². The van der Waals surface area contributed by atoms with Crippen LogP contribution in [0, 0.1) is 0 Å². The summed E-state index contributed by atoms with van der Waals surface area (Å²) in [7, 11) is 3.44. The van der Waals surface area contributed by atoms with E-state index in [1.807, 2.05) is 6.92 Å². The molecule has 0 aliphatic heterocycles. The summed E-state index contributed by atoms with van der Waals surface area (Å²) >= 11 is 0. The van der Waals surface area contributed by atoms with E-state index < -0.39 is 0 Å². The third kappa shape index (κ3) is 7.92. The zero-order valence-corrected chi connectivity index (χ0v) is 6.52. The summed E-state index contributed by atoms with van der Waals surface area (Å²) in [5, 5.41) is 0. The minimum atomic E-state index is 0.634. The maximum absolute atomic E-state index is 4.86. The standard InChI is InChI=1S/C4H8O.C3H8O/c1-5-4-2-3-4;1-3-4-2/h4H,2-3H2,1H3;3H2,1-2H3. The van der Waals surface area contributed by atoms with Crippen molar-refractivity contribution < 1.29 is 9.47 Å². The van der Waals surface area contributed by atoms with E-state index >= 15 is 0 Å². The number of methoxy groups -OCH3 is 2. The summed E-state index contributed by atoms with van der Waals surface area (Å²) < 4.78 is 9.40. The van der Waals surface area contributed by atoms with Gasteiger partial charge < -0.3 is 9.47 Å². The van der Waals surface area contributed by atoms with E-state index in [1.165, 1.54) is 12.8 Å². The highest BCUT2D eigenvalue weighted by Gasteiger charge is 2.19. The average Bonchev–Trinajstić information content (AvgIpc) is 2.70. The largest absolute Gasteiger partial charge is 0.385 e. The highest BCUT2D eigenvalue weighted by Crippen LogP contribution is 2.21. The van der Waals surface area contributed by atoms with Gasteiger partial charge in [-0.1, -0.05) is 0 Å². The van der Waals surface area contributed by atoms with E-state index in [9.17, 15) is 0 Å². The average molecular weight is 132 g/mol. The highest BCUT2D eigenvalue weighted by atomic mass is 16.5. The van der Waals surface area contributed by atoms with Gasteiger partial charge in [0.2, 0.25) is 0 Å². The first-order chi connectivity index (χ1) is 4.35. The first-order valence-electron chi connectivity index (χ1n) is 3.36. The Bertz CT molecular complexity index is 48.9. The summed E-state index contributed by atoms with van der Waals surface area (Å²) in [6, 6.07) is 0. The van der Waals surface area contributed by atoms with Gasteiger partial charge in [-0.2, -0.15) is 0 Å². The lowest BCUT2D eigenvalue weighted by Crippen LogP contribution is -1.79. The molecule has 1 fully saturated rings. The van der Waals surface area contributed by atoms with Crippen molar-refractivity contribution in [2.75, 3.05) is 20.8 Å². The Kier molecular flexibility index (Phi) is 5.99. The van der Waals surface area contributed by atoms with E-state index in [-0.39, 0.29) is 0 Å². The minimum Gasteiger partial charge on any atom is -0.385 e. The fourth-order valence-corrected chi connectivity index (χ4v) is 0.304. The lowest BCUT2D eigenvalue weighted by Gasteiger charge is -1.80. The minimum absolute atomic E-state index is 0.634. The Labute approximate surface area is 57.2 Å². The molecule has 2 nitrogen and oxygen atoms in total. The van der Waals surface area contributed by atoms with Crippen LogP contribution in [0.2, 0.25) is 0 Å². The maximum Gasteiger partial charge on any atom is 0.0573 e. The van der Waals surface area contributed by atoms with E-state index in [1.54, 1.807) is 14.2 Å². The van der Waals surface area contributed by atoms with E-state index in [4.69, 9.17) is 4.74 Å². The number of hydrogen-bond acceptors (Lipinski definition) is 2. The normalized spacial score (nSPS) is 16.3. The second kappa shape index (κ2) is 6.05. The van der Waals surface area contributed by atoms with Crippen molar-refractivity contribution in [3.05, 3.63) is 0 Å². The van der Waals surface area contributed by atoms with Gasteiger partial charge in [0.1, 0.15) is 0 Å². The van der Waals surface area contributed by atoms with Crippen LogP contribution in [0.15, 0.2) is 0 Å². The zero-order chi connectivity index (χ0) is 7.11. The molecule has 0 spiro atoms. The Hall–Kier alpha value is -0.0800. The molecule has 0 aromatic carbocycles. The molecule has 9 heavy (non-hydrogen) atoms. The predicted molar refractivity (Wildman–Crippen MR) is 37.6 cm³/mol. The van der Waals surface area contributed by atoms with E-state index in [0.717, 1.165) is 6.61 Å². The number of ether oxygens (including phenoxy) is 2. The van der Waals surface area contributed by atoms with Gasteiger partial charge in [0, 0.05) is 20.8 Å². The molecule has 0 atom stereocenters. The molecule has 0 aromatic heterocycles. The Morgan fingerprint density at radius 1 is 1.33 bits per heavy atom. The van der Waals surface area contributed by atoms with Crippen LogP contribution in [0.5, 0.6) is 0 Å². The van der Waals surface area contributed by atoms with Gasteiger partial charge in [0.15, 0.2) is 0 Å². The molecule has 1 aliphatic rings. The van der Waals surface area contributed by atoms with Crippen molar-refractivity contribution in [2.45, 2.75) is 25.9 Å². The number of rotatable bonds is 2. The summed E-state index contributed by atoms with van der Waals surface area (Å²) in [6.45, 7) is 2.78. The Morgan fingerprint density at radius 2 is 1.78 bits per heavy atom. The summed E-state index contributed by atoms with van der Waals surface area (Å²) in [4.78, 5) is 0. The van der Waals surface area contributed by atoms with Gasteiger partial charge in [0.05, 0.1) is 6.10 Å². The smallest absolute Gasteiger partial charge is 0.0573 e. The first-order valence-corrected chi connectivity index (χ1v) is 3.36. The molecule has 0 N–H and O–H groups in total. The monoisotopic (exact) mass is 132 g/mol. The Morgan fingerprint density at radius 3 is 1.78 bits per heavy atom. The fourth-order valence-electron chi connectivity index (χ4n) is 0.304. The fraction of sp³-hybridized carbons (Fsp3) is 1.00. The van der Waals surface area contributed by atoms with Gasteiger partial charge in [-0.25, -0.2) is 0 Å². The SMILES string of the molecule is CCOC.COC1CC1. The Balaban J connectivity index is 0.000000148. The molecule has 0 radical (unpaired) electrons. The lowest BCUT2D eigenvalue weighted by atomic mass is 10.9. The summed E-state index contributed by atoms with van der Waals surface area (Å²) in [5.41, 5.74) is 0. The molecular formula is C7H16O2. The second-order valence-corrected chi connectivity index (χ2v) is 2.01. The van der Waals surface area contributed by atoms with Crippen molar-refractivity contribution in [3.63, 3.8) is 0 Å². The zero-order valence-electron chi connectivity index (χ0n) is 6.52. The van der Waals surface area contributed by atoms with Crippen LogP contribution in [0.4, 0.5) is 0 Å². The van der Waals surface area contributed by atoms with Crippen LogP contribution >= 0.6 is 0 Å². The first kappa shape index (κ1) is 8.92. The summed E-state index contributed by atoms with van der Waals surface area (Å²) in [6.07, 6.45) is 3.21. The van der Waals surface area contributed by atoms with Crippen molar-refractivity contribution in [2.24, 2.45) is 0 Å². The molecule has 0 heterocycles. The summed E-state index contributed by atoms with van der Waals surface area (Å²) in [5.74, 6) is 0. The quantitative estimate of drug-likeness (QED) is 0.566. The molecule has 1 saturated carbocycles. The van der Waals surface area contributed by atoms with Crippen LogP contribution in [-0.2, 0) is 9.47 Å². The van der Waals surface area contributed by atoms with Crippen molar-refractivity contribution in [3.8, 4) is 0 Å². The molecule has 0 aromatic rings. The van der Waals surface area contributed by atoms with Gasteiger partial charge in [-0.05, 0) is 19.8 Å². The third-order valence-corrected chi connectivity index (χ3v) is 1.15. The second-order valence-electron chi connectivity index (χ2n) is 2.01. The predicted octanol–water partition coefficient (Wildman–Crippen LogP) is 1.45. The van der Waals surface area contributed by atoms with E-state index in [2.05, 4.69) is 4.74 Å². The van der Waals surface area contributed by atoms with Gasteiger partial charge >= 0.3 is 0 Å². The van der Waals surface area contributed by atoms with Gasteiger partial charge in [-0.15, -0.1) is 0 Å². The third-order valence-electron chi connectivity index (χ3n) is 1.15.